The normalized spacial score (nSPS) is 22.0. The molecule has 0 N–H and O–H groups in total. The van der Waals surface area contributed by atoms with Crippen LogP contribution in [-0.4, -0.2) is 42.6 Å². The smallest absolute Gasteiger partial charge is 0.460 e. The summed E-state index contributed by atoms with van der Waals surface area (Å²) in [5.41, 5.74) is 7.73. The monoisotopic (exact) mass is 906 g/mol. The first-order valence-electron chi connectivity index (χ1n) is 22.6. The standard InChI is InChI=1S/C51H59F9O4/c1-3-62-46(61)37(29-30-48(52,53)49(54,55)50(56,57)51(58,59)60)21-15-7-5-4-6-8-16-22-39-32-47(2)43(27-28-44(47)64-34-36-19-13-10-14-20-36)42-25-23-38-31-40(24-26-41(38)45(39)42)63-33-35-17-11-9-12-18-35/h8-14,16-20,24,26,31,37,42-44H,3-7,15,21-23,25,27-30,32-34H2,1-2H3/t37?,42?,43?,44?,47-/m0/s1. The maximum Gasteiger partial charge on any atom is 0.460 e. The number of aryl methyl sites for hydroxylation is 1. The summed E-state index contributed by atoms with van der Waals surface area (Å²) in [4.78, 5) is 12.5. The van der Waals surface area contributed by atoms with Crippen LogP contribution in [0.5, 0.6) is 5.75 Å². The van der Waals surface area contributed by atoms with Gasteiger partial charge in [-0.1, -0.05) is 111 Å². The van der Waals surface area contributed by atoms with E-state index >= 15 is 0 Å². The fourth-order valence-electron chi connectivity index (χ4n) is 10.2. The highest BCUT2D eigenvalue weighted by atomic mass is 19.4. The van der Waals surface area contributed by atoms with E-state index in [1.807, 2.05) is 48.5 Å². The third-order valence-corrected chi connectivity index (χ3v) is 13.6. The average molecular weight is 907 g/mol. The second-order valence-electron chi connectivity index (χ2n) is 17.9. The number of fused-ring (bicyclic) bond motifs is 5. The van der Waals surface area contributed by atoms with Gasteiger partial charge in [-0.2, -0.15) is 39.5 Å². The number of hydrogen-bond donors (Lipinski definition) is 0. The third kappa shape index (κ3) is 11.0. The van der Waals surface area contributed by atoms with E-state index < -0.39 is 48.7 Å². The van der Waals surface area contributed by atoms with Crippen LogP contribution in [0.1, 0.15) is 120 Å². The number of ether oxygens (including phenoxy) is 3. The van der Waals surface area contributed by atoms with Crippen molar-refractivity contribution < 1.29 is 58.5 Å². The minimum Gasteiger partial charge on any atom is -0.489 e. The van der Waals surface area contributed by atoms with Crippen LogP contribution in [0.25, 0.3) is 5.57 Å². The molecular weight excluding hydrogens is 848 g/mol. The average Bonchev–Trinajstić information content (AvgIpc) is 3.60. The largest absolute Gasteiger partial charge is 0.489 e. The number of hydrogen-bond acceptors (Lipinski definition) is 4. The molecule has 4 unspecified atom stereocenters. The van der Waals surface area contributed by atoms with Crippen molar-refractivity contribution in [3.05, 3.63) is 119 Å². The molecule has 1 saturated carbocycles. The van der Waals surface area contributed by atoms with Crippen LogP contribution in [0.15, 0.2) is 96.6 Å². The van der Waals surface area contributed by atoms with Gasteiger partial charge in [0.2, 0.25) is 0 Å². The number of alkyl halides is 9. The zero-order chi connectivity index (χ0) is 46.2. The lowest BCUT2D eigenvalue weighted by Crippen LogP contribution is -2.60. The fourth-order valence-corrected chi connectivity index (χ4v) is 10.2. The summed E-state index contributed by atoms with van der Waals surface area (Å²) in [6.07, 6.45) is 3.43. The van der Waals surface area contributed by atoms with E-state index in [4.69, 9.17) is 14.2 Å². The van der Waals surface area contributed by atoms with Crippen LogP contribution < -0.4 is 4.74 Å². The Labute approximate surface area is 370 Å². The SMILES string of the molecule is CCOC(=O)C(CCCCCCC=CCC1=C2c3ccc(OCc4ccccc4)cc3CCC2C2CCC(OCc3ccccc3)[C@@]2(C)C1)CCC(F)(F)C(F)(F)C(F)(F)C(F)(F)F. The molecule has 13 heteroatoms. The quantitative estimate of drug-likeness (QED) is 0.0436. The molecular formula is C51H59F9O4. The lowest BCUT2D eigenvalue weighted by molar-refractivity contribution is -0.396. The highest BCUT2D eigenvalue weighted by Gasteiger charge is 2.81. The first-order valence-corrected chi connectivity index (χ1v) is 22.6. The molecule has 0 saturated heterocycles. The molecule has 1 fully saturated rings. The number of halogens is 9. The highest BCUT2D eigenvalue weighted by Crippen LogP contribution is 2.62. The number of esters is 1. The summed E-state index contributed by atoms with van der Waals surface area (Å²) in [7, 11) is 0. The van der Waals surface area contributed by atoms with E-state index in [0.717, 1.165) is 68.2 Å². The van der Waals surface area contributed by atoms with Crippen molar-refractivity contribution in [2.45, 2.75) is 147 Å². The van der Waals surface area contributed by atoms with Gasteiger partial charge in [0.1, 0.15) is 12.4 Å². The Hall–Kier alpha value is -4.26. The molecule has 0 heterocycles. The summed E-state index contributed by atoms with van der Waals surface area (Å²) < 4.78 is 139. The van der Waals surface area contributed by atoms with E-state index in [0.29, 0.717) is 44.3 Å². The number of benzene rings is 3. The summed E-state index contributed by atoms with van der Waals surface area (Å²) in [6.45, 7) is 4.77. The van der Waals surface area contributed by atoms with Crippen LogP contribution >= 0.6 is 0 Å². The van der Waals surface area contributed by atoms with E-state index in [1.165, 1.54) is 29.2 Å². The van der Waals surface area contributed by atoms with Crippen molar-refractivity contribution in [3.63, 3.8) is 0 Å². The molecule has 5 atom stereocenters. The van der Waals surface area contributed by atoms with Gasteiger partial charge in [-0.25, -0.2) is 0 Å². The van der Waals surface area contributed by atoms with Crippen molar-refractivity contribution >= 4 is 11.5 Å². The zero-order valence-electron chi connectivity index (χ0n) is 36.5. The van der Waals surface area contributed by atoms with Gasteiger partial charge in [0.25, 0.3) is 0 Å². The minimum absolute atomic E-state index is 0.0192. The Morgan fingerprint density at radius 3 is 2.12 bits per heavy atom. The lowest BCUT2D eigenvalue weighted by atomic mass is 9.57. The third-order valence-electron chi connectivity index (χ3n) is 13.6. The molecule has 0 radical (unpaired) electrons. The second kappa shape index (κ2) is 20.9. The van der Waals surface area contributed by atoms with Crippen LogP contribution in [-0.2, 0) is 33.9 Å². The molecule has 64 heavy (non-hydrogen) atoms. The van der Waals surface area contributed by atoms with Crippen molar-refractivity contribution in [1.82, 2.24) is 0 Å². The zero-order valence-corrected chi connectivity index (χ0v) is 36.5. The van der Waals surface area contributed by atoms with Crippen molar-refractivity contribution in [3.8, 4) is 5.75 Å². The van der Waals surface area contributed by atoms with Gasteiger partial charge in [0, 0.05) is 11.8 Å². The van der Waals surface area contributed by atoms with E-state index in [2.05, 4.69) is 49.4 Å². The van der Waals surface area contributed by atoms with Gasteiger partial charge in [-0.3, -0.25) is 4.79 Å². The van der Waals surface area contributed by atoms with Crippen molar-refractivity contribution in [1.29, 1.82) is 0 Å². The van der Waals surface area contributed by atoms with Crippen molar-refractivity contribution in [2.75, 3.05) is 6.61 Å². The lowest BCUT2D eigenvalue weighted by Gasteiger charge is -2.48. The van der Waals surface area contributed by atoms with E-state index in [1.54, 1.807) is 0 Å². The number of allylic oxidation sites excluding steroid dienone is 4. The summed E-state index contributed by atoms with van der Waals surface area (Å²) in [6, 6.07) is 26.9. The second-order valence-corrected chi connectivity index (χ2v) is 17.9. The molecule has 0 amide bonds. The number of unbranched alkanes of at least 4 members (excludes halogenated alkanes) is 4. The first kappa shape index (κ1) is 49.2. The van der Waals surface area contributed by atoms with Gasteiger partial charge in [0.05, 0.1) is 25.2 Å². The molecule has 3 aromatic rings. The minimum atomic E-state index is -6.96. The fraction of sp³-hybridized carbons (Fsp3) is 0.549. The van der Waals surface area contributed by atoms with E-state index in [-0.39, 0.29) is 24.5 Å². The van der Waals surface area contributed by atoms with Gasteiger partial charge in [0.15, 0.2) is 0 Å². The van der Waals surface area contributed by atoms with Gasteiger partial charge >= 0.3 is 29.9 Å². The molecule has 6 rings (SSSR count). The molecule has 350 valence electrons. The Morgan fingerprint density at radius 1 is 0.781 bits per heavy atom. The van der Waals surface area contributed by atoms with E-state index in [9.17, 15) is 44.3 Å². The molecule has 3 aliphatic carbocycles. The Bertz CT molecular complexity index is 2050. The molecule has 0 bridgehead atoms. The van der Waals surface area contributed by atoms with Gasteiger partial charge < -0.3 is 14.2 Å². The predicted octanol–water partition coefficient (Wildman–Crippen LogP) is 14.7. The molecule has 3 aromatic carbocycles. The first-order chi connectivity index (χ1) is 30.4. The topological polar surface area (TPSA) is 44.8 Å². The van der Waals surface area contributed by atoms with Crippen LogP contribution in [0.2, 0.25) is 0 Å². The maximum atomic E-state index is 14.3. The summed E-state index contributed by atoms with van der Waals surface area (Å²) in [5, 5.41) is 0. The highest BCUT2D eigenvalue weighted by molar-refractivity contribution is 5.77. The van der Waals surface area contributed by atoms with Crippen LogP contribution in [0.4, 0.5) is 39.5 Å². The molecule has 3 aliphatic rings. The van der Waals surface area contributed by atoms with Crippen LogP contribution in [0, 0.1) is 23.2 Å². The van der Waals surface area contributed by atoms with Gasteiger partial charge in [-0.15, -0.1) is 0 Å². The summed E-state index contributed by atoms with van der Waals surface area (Å²) in [5.74, 6) is -20.0. The molecule has 0 aromatic heterocycles. The summed E-state index contributed by atoms with van der Waals surface area (Å²) >= 11 is 0. The molecule has 0 aliphatic heterocycles. The van der Waals surface area contributed by atoms with Gasteiger partial charge in [-0.05, 0) is 123 Å². The molecule has 0 spiro atoms. The number of rotatable bonds is 22. The van der Waals surface area contributed by atoms with Crippen molar-refractivity contribution in [2.24, 2.45) is 23.2 Å². The molecule has 4 nitrogen and oxygen atoms in total. The number of carbonyl (C=O) groups is 1. The Kier molecular flexibility index (Phi) is 16.1. The Morgan fingerprint density at radius 2 is 1.45 bits per heavy atom. The maximum absolute atomic E-state index is 14.3. The Balaban J connectivity index is 1.07. The predicted molar refractivity (Wildman–Crippen MR) is 228 cm³/mol. The van der Waals surface area contributed by atoms with Crippen LogP contribution in [0.3, 0.4) is 0 Å². The number of carbonyl (C=O) groups excluding carboxylic acids is 1.